The van der Waals surface area contributed by atoms with Crippen LogP contribution >= 0.6 is 11.6 Å². The maximum atomic E-state index is 11.9. The molecule has 4 aromatic rings. The zero-order valence-electron chi connectivity index (χ0n) is 14.1. The number of nitrogens with zero attached hydrogens (tertiary/aromatic N) is 3. The van der Waals surface area contributed by atoms with Gasteiger partial charge in [-0.25, -0.2) is 13.4 Å². The average molecular weight is 386 g/mol. The first kappa shape index (κ1) is 17.0. The molecule has 0 spiro atoms. The number of benzene rings is 2. The molecular formula is C19H16ClN3O2S. The number of rotatable bonds is 4. The summed E-state index contributed by atoms with van der Waals surface area (Å²) in [6.07, 6.45) is 2.94. The second-order valence-corrected chi connectivity index (χ2v) is 8.82. The maximum absolute atomic E-state index is 11.9. The Kier molecular flexibility index (Phi) is 4.17. The highest BCUT2D eigenvalue weighted by Crippen LogP contribution is 2.28. The van der Waals surface area contributed by atoms with E-state index in [1.54, 1.807) is 6.20 Å². The largest absolute Gasteiger partial charge is 0.322 e. The van der Waals surface area contributed by atoms with Gasteiger partial charge in [0.15, 0.2) is 9.84 Å². The van der Waals surface area contributed by atoms with E-state index >= 15 is 0 Å². The Morgan fingerprint density at radius 3 is 2.69 bits per heavy atom. The monoisotopic (exact) mass is 385 g/mol. The first-order valence-electron chi connectivity index (χ1n) is 8.06. The van der Waals surface area contributed by atoms with E-state index < -0.39 is 9.84 Å². The Labute approximate surface area is 156 Å². The smallest absolute Gasteiger partial charge is 0.154 e. The lowest BCUT2D eigenvalue weighted by Gasteiger charge is -2.12. The van der Waals surface area contributed by atoms with Crippen molar-refractivity contribution in [3.05, 3.63) is 71.1 Å². The summed E-state index contributed by atoms with van der Waals surface area (Å²) in [6, 6.07) is 15.2. The van der Waals surface area contributed by atoms with E-state index in [0.29, 0.717) is 17.4 Å². The van der Waals surface area contributed by atoms with Gasteiger partial charge in [-0.1, -0.05) is 35.9 Å². The number of halogens is 1. The molecule has 0 aliphatic carbocycles. The predicted octanol–water partition coefficient (Wildman–Crippen LogP) is 3.83. The van der Waals surface area contributed by atoms with Crippen molar-refractivity contribution in [3.8, 4) is 0 Å². The Morgan fingerprint density at radius 2 is 1.88 bits per heavy atom. The molecule has 0 N–H and O–H groups in total. The van der Waals surface area contributed by atoms with E-state index in [-0.39, 0.29) is 5.75 Å². The Balaban J connectivity index is 1.93. The van der Waals surface area contributed by atoms with Crippen molar-refractivity contribution in [1.29, 1.82) is 0 Å². The number of para-hydroxylation sites is 2. The van der Waals surface area contributed by atoms with Crippen molar-refractivity contribution in [2.24, 2.45) is 0 Å². The van der Waals surface area contributed by atoms with Crippen LogP contribution in [-0.2, 0) is 22.1 Å². The quantitative estimate of drug-likeness (QED) is 0.535. The molecule has 7 heteroatoms. The fourth-order valence-electron chi connectivity index (χ4n) is 3.14. The van der Waals surface area contributed by atoms with Gasteiger partial charge >= 0.3 is 0 Å². The van der Waals surface area contributed by atoms with Crippen LogP contribution in [0, 0.1) is 0 Å². The van der Waals surface area contributed by atoms with Crippen LogP contribution in [0.3, 0.4) is 0 Å². The Hall–Kier alpha value is -2.44. The number of hydrogen-bond acceptors (Lipinski definition) is 4. The number of fused-ring (bicyclic) bond motifs is 2. The summed E-state index contributed by atoms with van der Waals surface area (Å²) < 4.78 is 25.6. The summed E-state index contributed by atoms with van der Waals surface area (Å²) in [6.45, 7) is 0.401. The summed E-state index contributed by atoms with van der Waals surface area (Å²) in [7, 11) is -3.22. The first-order valence-corrected chi connectivity index (χ1v) is 10.5. The van der Waals surface area contributed by atoms with Gasteiger partial charge < -0.3 is 4.57 Å². The number of sulfone groups is 1. The minimum atomic E-state index is -3.22. The molecule has 0 saturated heterocycles. The van der Waals surface area contributed by atoms with E-state index in [4.69, 9.17) is 11.6 Å². The minimum Gasteiger partial charge on any atom is -0.322 e. The van der Waals surface area contributed by atoms with Crippen LogP contribution in [0.5, 0.6) is 0 Å². The molecule has 0 aliphatic heterocycles. The molecule has 2 heterocycles. The normalized spacial score (nSPS) is 12.1. The molecule has 0 fully saturated rings. The molecule has 0 saturated carbocycles. The minimum absolute atomic E-state index is 0.127. The van der Waals surface area contributed by atoms with Crippen LogP contribution in [0.15, 0.2) is 54.7 Å². The second kappa shape index (κ2) is 6.37. The van der Waals surface area contributed by atoms with Crippen molar-refractivity contribution in [2.75, 3.05) is 6.26 Å². The third kappa shape index (κ3) is 3.18. The van der Waals surface area contributed by atoms with Gasteiger partial charge in [-0.2, -0.15) is 0 Å². The summed E-state index contributed by atoms with van der Waals surface area (Å²) in [5, 5.41) is 1.58. The highest BCUT2D eigenvalue weighted by Gasteiger charge is 2.17. The highest BCUT2D eigenvalue weighted by molar-refractivity contribution is 7.89. The van der Waals surface area contributed by atoms with E-state index in [1.165, 1.54) is 6.26 Å². The maximum Gasteiger partial charge on any atom is 0.154 e. The molecule has 5 nitrogen and oxygen atoms in total. The molecule has 132 valence electrons. The summed E-state index contributed by atoms with van der Waals surface area (Å²) >= 11 is 6.46. The van der Waals surface area contributed by atoms with Gasteiger partial charge in [-0.15, -0.1) is 0 Å². The van der Waals surface area contributed by atoms with Gasteiger partial charge in [0.2, 0.25) is 0 Å². The summed E-state index contributed by atoms with van der Waals surface area (Å²) in [5.74, 6) is 0.370. The zero-order valence-corrected chi connectivity index (χ0v) is 15.6. The lowest BCUT2D eigenvalue weighted by Crippen LogP contribution is -2.11. The number of hydrogen-bond donors (Lipinski definition) is 0. The third-order valence-electron chi connectivity index (χ3n) is 4.26. The number of aromatic nitrogens is 3. The molecule has 4 rings (SSSR count). The molecule has 26 heavy (non-hydrogen) atoms. The van der Waals surface area contributed by atoms with Gasteiger partial charge in [0, 0.05) is 28.4 Å². The molecule has 0 radical (unpaired) electrons. The standard InChI is InChI=1S/C19H16ClN3O2S/c1-26(24,25)12-18-22-16-6-2-3-7-17(16)23(18)11-14-15(20)9-8-13-5-4-10-21-19(13)14/h2-10H,11-12H2,1H3. The third-order valence-corrected chi connectivity index (χ3v) is 5.40. The lowest BCUT2D eigenvalue weighted by molar-refractivity contribution is 0.598. The second-order valence-electron chi connectivity index (χ2n) is 6.27. The highest BCUT2D eigenvalue weighted by atomic mass is 35.5. The van der Waals surface area contributed by atoms with Crippen molar-refractivity contribution in [1.82, 2.24) is 14.5 Å². The van der Waals surface area contributed by atoms with Gasteiger partial charge in [-0.05, 0) is 24.3 Å². The predicted molar refractivity (Wildman–Crippen MR) is 104 cm³/mol. The van der Waals surface area contributed by atoms with Crippen LogP contribution in [0.4, 0.5) is 0 Å². The van der Waals surface area contributed by atoms with E-state index in [9.17, 15) is 8.42 Å². The van der Waals surface area contributed by atoms with Crippen LogP contribution in [0.25, 0.3) is 21.9 Å². The lowest BCUT2D eigenvalue weighted by atomic mass is 10.1. The van der Waals surface area contributed by atoms with Gasteiger partial charge in [0.1, 0.15) is 11.6 Å². The van der Waals surface area contributed by atoms with Crippen LogP contribution < -0.4 is 0 Å². The molecular weight excluding hydrogens is 370 g/mol. The summed E-state index contributed by atoms with van der Waals surface area (Å²) in [4.78, 5) is 8.99. The Morgan fingerprint density at radius 1 is 1.08 bits per heavy atom. The zero-order chi connectivity index (χ0) is 18.3. The molecule has 0 atom stereocenters. The van der Waals surface area contributed by atoms with E-state index in [1.807, 2.05) is 53.1 Å². The van der Waals surface area contributed by atoms with Crippen molar-refractivity contribution >= 4 is 43.4 Å². The molecule has 2 aromatic heterocycles. The Bertz CT molecular complexity index is 1230. The fraction of sp³-hybridized carbons (Fsp3) is 0.158. The van der Waals surface area contributed by atoms with E-state index in [0.717, 1.165) is 27.5 Å². The first-order chi connectivity index (χ1) is 12.4. The van der Waals surface area contributed by atoms with Crippen molar-refractivity contribution in [3.63, 3.8) is 0 Å². The molecule has 0 unspecified atom stereocenters. The molecule has 0 amide bonds. The van der Waals surface area contributed by atoms with E-state index in [2.05, 4.69) is 9.97 Å². The summed E-state index contributed by atoms with van der Waals surface area (Å²) in [5.41, 5.74) is 3.29. The molecule has 2 aromatic carbocycles. The van der Waals surface area contributed by atoms with Crippen molar-refractivity contribution < 1.29 is 8.42 Å². The van der Waals surface area contributed by atoms with Gasteiger partial charge in [-0.3, -0.25) is 4.98 Å². The molecule has 0 bridgehead atoms. The van der Waals surface area contributed by atoms with Crippen molar-refractivity contribution in [2.45, 2.75) is 12.3 Å². The number of pyridine rings is 1. The van der Waals surface area contributed by atoms with Crippen LogP contribution in [-0.4, -0.2) is 29.2 Å². The average Bonchev–Trinajstić information content (AvgIpc) is 2.93. The SMILES string of the molecule is CS(=O)(=O)Cc1nc2ccccc2n1Cc1c(Cl)ccc2cccnc12. The van der Waals surface area contributed by atoms with Gasteiger partial charge in [0.05, 0.1) is 23.1 Å². The van der Waals surface area contributed by atoms with Crippen LogP contribution in [0.2, 0.25) is 5.02 Å². The fourth-order valence-corrected chi connectivity index (χ4v) is 4.04. The van der Waals surface area contributed by atoms with Gasteiger partial charge in [0.25, 0.3) is 0 Å². The molecule has 0 aliphatic rings. The number of imidazole rings is 1. The topological polar surface area (TPSA) is 64.8 Å². The van der Waals surface area contributed by atoms with Crippen LogP contribution in [0.1, 0.15) is 11.4 Å².